The Hall–Kier alpha value is -1.15. The predicted octanol–water partition coefficient (Wildman–Crippen LogP) is 2.85. The minimum absolute atomic E-state index is 0.0716. The molecule has 0 N–H and O–H groups in total. The van der Waals surface area contributed by atoms with Crippen molar-refractivity contribution in [3.8, 4) is 0 Å². The third-order valence-corrected chi connectivity index (χ3v) is 2.93. The van der Waals surface area contributed by atoms with E-state index in [4.69, 9.17) is 0 Å². The molecule has 1 aromatic carbocycles. The highest BCUT2D eigenvalue weighted by Crippen LogP contribution is 2.10. The second kappa shape index (κ2) is 6.44. The number of hydrogen-bond acceptors (Lipinski definition) is 2. The zero-order valence-electron chi connectivity index (χ0n) is 10.4. The van der Waals surface area contributed by atoms with Crippen molar-refractivity contribution >= 4 is 5.78 Å². The van der Waals surface area contributed by atoms with Crippen LogP contribution in [0, 0.1) is 5.92 Å². The van der Waals surface area contributed by atoms with E-state index in [1.165, 1.54) is 0 Å². The minimum Gasteiger partial charge on any atom is -0.303 e. The van der Waals surface area contributed by atoms with Crippen molar-refractivity contribution in [2.45, 2.75) is 20.8 Å². The van der Waals surface area contributed by atoms with E-state index in [2.05, 4.69) is 18.7 Å². The van der Waals surface area contributed by atoms with Crippen LogP contribution >= 0.6 is 0 Å². The van der Waals surface area contributed by atoms with Crippen LogP contribution in [0.5, 0.6) is 0 Å². The van der Waals surface area contributed by atoms with Gasteiger partial charge in [0.2, 0.25) is 0 Å². The molecule has 0 saturated heterocycles. The lowest BCUT2D eigenvalue weighted by Gasteiger charge is -2.21. The van der Waals surface area contributed by atoms with E-state index < -0.39 is 0 Å². The van der Waals surface area contributed by atoms with Gasteiger partial charge in [0.05, 0.1) is 0 Å². The van der Waals surface area contributed by atoms with Gasteiger partial charge in [-0.15, -0.1) is 0 Å². The van der Waals surface area contributed by atoms with Crippen LogP contribution in [0.4, 0.5) is 0 Å². The number of carbonyl (C=O) groups is 1. The topological polar surface area (TPSA) is 20.3 Å². The van der Waals surface area contributed by atoms with Gasteiger partial charge in [-0.05, 0) is 13.1 Å². The Bertz CT molecular complexity index is 317. The summed E-state index contributed by atoms with van der Waals surface area (Å²) in [4.78, 5) is 14.4. The fourth-order valence-electron chi connectivity index (χ4n) is 1.84. The molecule has 0 spiro atoms. The Labute approximate surface area is 98.3 Å². The highest BCUT2D eigenvalue weighted by Gasteiger charge is 2.16. The Morgan fingerprint density at radius 3 is 2.25 bits per heavy atom. The molecule has 0 heterocycles. The summed E-state index contributed by atoms with van der Waals surface area (Å²) < 4.78 is 0. The molecule has 0 amide bonds. The van der Waals surface area contributed by atoms with Crippen LogP contribution < -0.4 is 0 Å². The molecule has 16 heavy (non-hydrogen) atoms. The molecule has 2 nitrogen and oxygen atoms in total. The van der Waals surface area contributed by atoms with E-state index in [9.17, 15) is 4.79 Å². The molecular formula is C14H21NO. The van der Waals surface area contributed by atoms with Crippen LogP contribution in [-0.2, 0) is 0 Å². The summed E-state index contributed by atoms with van der Waals surface area (Å²) in [5, 5.41) is 0. The van der Waals surface area contributed by atoms with Gasteiger partial charge < -0.3 is 4.90 Å². The average molecular weight is 219 g/mol. The largest absolute Gasteiger partial charge is 0.303 e. The number of rotatable bonds is 6. The van der Waals surface area contributed by atoms with Gasteiger partial charge in [0.25, 0.3) is 0 Å². The summed E-state index contributed by atoms with van der Waals surface area (Å²) in [6.07, 6.45) is 0. The standard InChI is InChI=1S/C14H21NO/c1-4-15(5-2)11-12(3)14(16)13-9-7-6-8-10-13/h6-10,12H,4-5,11H2,1-3H3/t12-/m1/s1. The lowest BCUT2D eigenvalue weighted by atomic mass is 9.99. The second-order valence-electron chi connectivity index (χ2n) is 4.12. The van der Waals surface area contributed by atoms with Gasteiger partial charge in [0, 0.05) is 18.0 Å². The summed E-state index contributed by atoms with van der Waals surface area (Å²) in [7, 11) is 0. The summed E-state index contributed by atoms with van der Waals surface area (Å²) >= 11 is 0. The third kappa shape index (κ3) is 3.46. The molecule has 0 aromatic heterocycles. The van der Waals surface area contributed by atoms with Gasteiger partial charge in [0.15, 0.2) is 5.78 Å². The van der Waals surface area contributed by atoms with Crippen molar-refractivity contribution in [3.63, 3.8) is 0 Å². The van der Waals surface area contributed by atoms with Crippen LogP contribution in [0.1, 0.15) is 31.1 Å². The maximum atomic E-state index is 12.1. The molecule has 1 aromatic rings. The molecule has 0 aliphatic rings. The van der Waals surface area contributed by atoms with Crippen LogP contribution in [0.25, 0.3) is 0 Å². The minimum atomic E-state index is 0.0716. The van der Waals surface area contributed by atoms with Crippen molar-refractivity contribution in [1.29, 1.82) is 0 Å². The van der Waals surface area contributed by atoms with E-state index in [0.717, 1.165) is 25.2 Å². The molecule has 0 unspecified atom stereocenters. The normalized spacial score (nSPS) is 12.8. The first-order valence-corrected chi connectivity index (χ1v) is 6.00. The first kappa shape index (κ1) is 12.9. The zero-order chi connectivity index (χ0) is 12.0. The van der Waals surface area contributed by atoms with Gasteiger partial charge in [0.1, 0.15) is 0 Å². The fraction of sp³-hybridized carbons (Fsp3) is 0.500. The molecule has 88 valence electrons. The summed E-state index contributed by atoms with van der Waals surface area (Å²) in [6.45, 7) is 9.12. The fourth-order valence-corrected chi connectivity index (χ4v) is 1.84. The Balaban J connectivity index is 2.61. The predicted molar refractivity (Wildman–Crippen MR) is 67.7 cm³/mol. The molecule has 0 radical (unpaired) electrons. The first-order chi connectivity index (χ1) is 7.69. The number of hydrogen-bond donors (Lipinski definition) is 0. The molecule has 1 atom stereocenters. The van der Waals surface area contributed by atoms with Crippen molar-refractivity contribution < 1.29 is 4.79 Å². The van der Waals surface area contributed by atoms with Crippen molar-refractivity contribution in [2.24, 2.45) is 5.92 Å². The molecule has 0 saturated carbocycles. The molecule has 0 aliphatic carbocycles. The maximum Gasteiger partial charge on any atom is 0.166 e. The summed E-state index contributed by atoms with van der Waals surface area (Å²) in [5.74, 6) is 0.315. The highest BCUT2D eigenvalue weighted by atomic mass is 16.1. The van der Waals surface area contributed by atoms with Gasteiger partial charge in [-0.1, -0.05) is 51.1 Å². The van der Waals surface area contributed by atoms with Crippen molar-refractivity contribution in [1.82, 2.24) is 4.90 Å². The smallest absolute Gasteiger partial charge is 0.166 e. The number of carbonyl (C=O) groups excluding carboxylic acids is 1. The number of nitrogens with zero attached hydrogens (tertiary/aromatic N) is 1. The Morgan fingerprint density at radius 2 is 1.75 bits per heavy atom. The Kier molecular flexibility index (Phi) is 5.20. The molecule has 0 fully saturated rings. The summed E-state index contributed by atoms with van der Waals surface area (Å²) in [6, 6.07) is 9.54. The van der Waals surface area contributed by atoms with Crippen LogP contribution in [0.3, 0.4) is 0 Å². The van der Waals surface area contributed by atoms with Gasteiger partial charge in [-0.25, -0.2) is 0 Å². The monoisotopic (exact) mass is 219 g/mol. The zero-order valence-corrected chi connectivity index (χ0v) is 10.4. The van der Waals surface area contributed by atoms with Crippen molar-refractivity contribution in [3.05, 3.63) is 35.9 Å². The highest BCUT2D eigenvalue weighted by molar-refractivity contribution is 5.97. The molecule has 0 aliphatic heterocycles. The average Bonchev–Trinajstić information content (AvgIpc) is 2.35. The maximum absolute atomic E-state index is 12.1. The number of ketones is 1. The van der Waals surface area contributed by atoms with E-state index in [1.54, 1.807) is 0 Å². The third-order valence-electron chi connectivity index (χ3n) is 2.93. The van der Waals surface area contributed by atoms with E-state index in [-0.39, 0.29) is 11.7 Å². The molecule has 1 rings (SSSR count). The van der Waals surface area contributed by atoms with Crippen molar-refractivity contribution in [2.75, 3.05) is 19.6 Å². The lowest BCUT2D eigenvalue weighted by Crippen LogP contribution is -2.31. The van der Waals surface area contributed by atoms with E-state index >= 15 is 0 Å². The first-order valence-electron chi connectivity index (χ1n) is 6.00. The molecule has 0 bridgehead atoms. The molecule has 2 heteroatoms. The molecular weight excluding hydrogens is 198 g/mol. The number of benzene rings is 1. The quantitative estimate of drug-likeness (QED) is 0.686. The Morgan fingerprint density at radius 1 is 1.19 bits per heavy atom. The van der Waals surface area contributed by atoms with E-state index in [0.29, 0.717) is 0 Å². The van der Waals surface area contributed by atoms with Crippen LogP contribution in [-0.4, -0.2) is 30.3 Å². The summed E-state index contributed by atoms with van der Waals surface area (Å²) in [5.41, 5.74) is 0.821. The van der Waals surface area contributed by atoms with Crippen LogP contribution in [0.2, 0.25) is 0 Å². The number of Topliss-reactive ketones (excluding diaryl/α,β-unsaturated/α-hetero) is 1. The van der Waals surface area contributed by atoms with Gasteiger partial charge in [-0.3, -0.25) is 4.79 Å². The van der Waals surface area contributed by atoms with E-state index in [1.807, 2.05) is 37.3 Å². The second-order valence-corrected chi connectivity index (χ2v) is 4.12. The lowest BCUT2D eigenvalue weighted by molar-refractivity contribution is 0.0898. The van der Waals surface area contributed by atoms with Gasteiger partial charge >= 0.3 is 0 Å². The SMILES string of the molecule is CCN(CC)C[C@@H](C)C(=O)c1ccccc1. The van der Waals surface area contributed by atoms with Crippen LogP contribution in [0.15, 0.2) is 30.3 Å². The van der Waals surface area contributed by atoms with Gasteiger partial charge in [-0.2, -0.15) is 0 Å².